The van der Waals surface area contributed by atoms with Crippen LogP contribution >= 0.6 is 0 Å². The number of para-hydroxylation sites is 1. The first-order valence-corrected chi connectivity index (χ1v) is 18.5. The average molecular weight is 703 g/mol. The molecular weight excluding hydrogens is 669 g/mol. The molecule has 10 aromatic rings. The zero-order valence-corrected chi connectivity index (χ0v) is 29.9. The van der Waals surface area contributed by atoms with Crippen molar-refractivity contribution in [2.75, 3.05) is 0 Å². The summed E-state index contributed by atoms with van der Waals surface area (Å²) in [4.78, 5) is 14.9. The van der Waals surface area contributed by atoms with Crippen LogP contribution in [0.2, 0.25) is 0 Å². The molecule has 258 valence electrons. The van der Waals surface area contributed by atoms with Crippen LogP contribution in [0.3, 0.4) is 0 Å². The van der Waals surface area contributed by atoms with Crippen molar-refractivity contribution in [1.29, 1.82) is 0 Å². The number of aromatic nitrogens is 4. The highest BCUT2D eigenvalue weighted by Gasteiger charge is 2.20. The van der Waals surface area contributed by atoms with Crippen LogP contribution in [0, 0.1) is 0 Å². The minimum Gasteiger partial charge on any atom is -0.309 e. The van der Waals surface area contributed by atoms with Gasteiger partial charge in [0.15, 0.2) is 17.5 Å². The Labute approximate surface area is 319 Å². The van der Waals surface area contributed by atoms with E-state index in [1.165, 1.54) is 44.2 Å². The van der Waals surface area contributed by atoms with Crippen molar-refractivity contribution >= 4 is 21.8 Å². The number of fused-ring (bicyclic) bond motifs is 3. The molecule has 4 nitrogen and oxygen atoms in total. The molecule has 4 heteroatoms. The molecule has 0 atom stereocenters. The quantitative estimate of drug-likeness (QED) is 0.166. The second-order valence-electron chi connectivity index (χ2n) is 13.6. The Morgan fingerprint density at radius 3 is 1.25 bits per heavy atom. The highest BCUT2D eigenvalue weighted by atomic mass is 15.0. The highest BCUT2D eigenvalue weighted by molar-refractivity contribution is 6.17. The Hall–Kier alpha value is -7.43. The fraction of sp³-hybridized carbons (Fsp3) is 0. The molecule has 8 aromatic carbocycles. The van der Waals surface area contributed by atoms with Gasteiger partial charge in [-0.2, -0.15) is 0 Å². The largest absolute Gasteiger partial charge is 0.309 e. The first-order chi connectivity index (χ1) is 27.3. The van der Waals surface area contributed by atoms with Crippen molar-refractivity contribution in [2.45, 2.75) is 0 Å². The maximum absolute atomic E-state index is 4.99. The molecule has 0 N–H and O–H groups in total. The van der Waals surface area contributed by atoms with E-state index in [2.05, 4.69) is 150 Å². The molecule has 55 heavy (non-hydrogen) atoms. The molecule has 0 bridgehead atoms. The van der Waals surface area contributed by atoms with Gasteiger partial charge in [-0.05, 0) is 75.8 Å². The lowest BCUT2D eigenvalue weighted by Crippen LogP contribution is -2.00. The van der Waals surface area contributed by atoms with Gasteiger partial charge in [0.1, 0.15) is 0 Å². The molecule has 0 aliphatic carbocycles. The van der Waals surface area contributed by atoms with E-state index in [9.17, 15) is 0 Å². The lowest BCUT2D eigenvalue weighted by Gasteiger charge is -2.15. The zero-order chi connectivity index (χ0) is 36.6. The van der Waals surface area contributed by atoms with E-state index in [0.29, 0.717) is 17.5 Å². The third-order valence-electron chi connectivity index (χ3n) is 10.3. The predicted molar refractivity (Wildman–Crippen MR) is 227 cm³/mol. The van der Waals surface area contributed by atoms with Gasteiger partial charge in [-0.1, -0.05) is 164 Å². The van der Waals surface area contributed by atoms with E-state index in [4.69, 9.17) is 15.0 Å². The number of hydrogen-bond acceptors (Lipinski definition) is 3. The summed E-state index contributed by atoms with van der Waals surface area (Å²) >= 11 is 0. The summed E-state index contributed by atoms with van der Waals surface area (Å²) in [6.07, 6.45) is 0. The van der Waals surface area contributed by atoms with Gasteiger partial charge in [0.25, 0.3) is 0 Å². The molecule has 0 radical (unpaired) electrons. The van der Waals surface area contributed by atoms with E-state index < -0.39 is 0 Å². The standard InChI is InChI=1S/C51H34N4/c1-5-17-35(18-6-1)42-25-13-14-26-43(42)40-33-45(36-19-7-2-8-20-36)48-44-27-15-16-28-46(44)55(47(48)34-40)41-31-29-39(30-32-41)51-53-49(37-21-9-3-10-22-37)52-50(54-51)38-23-11-4-12-24-38/h1-34H. The van der Waals surface area contributed by atoms with Crippen molar-refractivity contribution in [3.8, 4) is 73.2 Å². The minimum atomic E-state index is 0.632. The van der Waals surface area contributed by atoms with Crippen LogP contribution in [0.4, 0.5) is 0 Å². The van der Waals surface area contributed by atoms with Gasteiger partial charge in [0.05, 0.1) is 11.0 Å². The van der Waals surface area contributed by atoms with Crippen LogP contribution in [0.15, 0.2) is 206 Å². The summed E-state index contributed by atoms with van der Waals surface area (Å²) in [6, 6.07) is 72.4. The van der Waals surface area contributed by atoms with Crippen LogP contribution in [0.25, 0.3) is 95.0 Å². The summed E-state index contributed by atoms with van der Waals surface area (Å²) in [5, 5.41) is 2.44. The third-order valence-corrected chi connectivity index (χ3v) is 10.3. The second kappa shape index (κ2) is 13.8. The summed E-state index contributed by atoms with van der Waals surface area (Å²) in [6.45, 7) is 0. The molecule has 2 heterocycles. The van der Waals surface area contributed by atoms with Gasteiger partial charge in [-0.25, -0.2) is 15.0 Å². The molecule has 0 amide bonds. The van der Waals surface area contributed by atoms with Crippen LogP contribution < -0.4 is 0 Å². The van der Waals surface area contributed by atoms with E-state index >= 15 is 0 Å². The van der Waals surface area contributed by atoms with Gasteiger partial charge < -0.3 is 4.57 Å². The average Bonchev–Trinajstić information content (AvgIpc) is 3.61. The van der Waals surface area contributed by atoms with Gasteiger partial charge >= 0.3 is 0 Å². The van der Waals surface area contributed by atoms with Crippen LogP contribution in [-0.4, -0.2) is 19.5 Å². The fourth-order valence-electron chi connectivity index (χ4n) is 7.68. The van der Waals surface area contributed by atoms with E-state index in [1.807, 2.05) is 60.7 Å². The van der Waals surface area contributed by atoms with Crippen LogP contribution in [-0.2, 0) is 0 Å². The van der Waals surface area contributed by atoms with Crippen molar-refractivity contribution < 1.29 is 0 Å². The first kappa shape index (κ1) is 32.2. The zero-order valence-electron chi connectivity index (χ0n) is 29.9. The lowest BCUT2D eigenvalue weighted by atomic mass is 9.90. The normalized spacial score (nSPS) is 11.3. The summed E-state index contributed by atoms with van der Waals surface area (Å²) in [5.74, 6) is 1.92. The smallest absolute Gasteiger partial charge is 0.164 e. The molecule has 0 spiro atoms. The molecule has 2 aromatic heterocycles. The molecular formula is C51H34N4. The topological polar surface area (TPSA) is 43.6 Å². The number of hydrogen-bond donors (Lipinski definition) is 0. The summed E-state index contributed by atoms with van der Waals surface area (Å²) < 4.78 is 2.40. The number of rotatable bonds is 7. The summed E-state index contributed by atoms with van der Waals surface area (Å²) in [5.41, 5.74) is 13.3. The predicted octanol–water partition coefficient (Wildman–Crippen LogP) is 13.0. The van der Waals surface area contributed by atoms with Gasteiger partial charge in [0, 0.05) is 33.2 Å². The highest BCUT2D eigenvalue weighted by Crippen LogP contribution is 2.43. The molecule has 10 rings (SSSR count). The minimum absolute atomic E-state index is 0.632. The van der Waals surface area contributed by atoms with Crippen molar-refractivity contribution in [2.24, 2.45) is 0 Å². The number of benzene rings is 8. The first-order valence-electron chi connectivity index (χ1n) is 18.5. The van der Waals surface area contributed by atoms with E-state index in [-0.39, 0.29) is 0 Å². The molecule has 0 aliphatic rings. The number of nitrogens with zero attached hydrogens (tertiary/aromatic N) is 4. The monoisotopic (exact) mass is 702 g/mol. The Balaban J connectivity index is 1.17. The molecule has 0 saturated carbocycles. The Kier molecular flexibility index (Phi) is 8.12. The maximum atomic E-state index is 4.99. The lowest BCUT2D eigenvalue weighted by molar-refractivity contribution is 1.07. The Morgan fingerprint density at radius 2 is 0.709 bits per heavy atom. The van der Waals surface area contributed by atoms with Crippen molar-refractivity contribution in [1.82, 2.24) is 19.5 Å². The molecule has 0 fully saturated rings. The fourth-order valence-corrected chi connectivity index (χ4v) is 7.68. The van der Waals surface area contributed by atoms with Crippen LogP contribution in [0.1, 0.15) is 0 Å². The van der Waals surface area contributed by atoms with E-state index in [0.717, 1.165) is 33.4 Å². The third kappa shape index (κ3) is 5.96. The van der Waals surface area contributed by atoms with Crippen molar-refractivity contribution in [3.63, 3.8) is 0 Å². The second-order valence-corrected chi connectivity index (χ2v) is 13.6. The van der Waals surface area contributed by atoms with Crippen molar-refractivity contribution in [3.05, 3.63) is 206 Å². The molecule has 0 aliphatic heterocycles. The maximum Gasteiger partial charge on any atom is 0.164 e. The SMILES string of the molecule is c1ccc(-c2nc(-c3ccccc3)nc(-c3ccc(-n4c5ccccc5c5c(-c6ccccc6)cc(-c6ccccc6-c6ccccc6)cc54)cc3)n2)cc1. The van der Waals surface area contributed by atoms with E-state index in [1.54, 1.807) is 0 Å². The van der Waals surface area contributed by atoms with Gasteiger partial charge in [0.2, 0.25) is 0 Å². The van der Waals surface area contributed by atoms with Gasteiger partial charge in [-0.15, -0.1) is 0 Å². The summed E-state index contributed by atoms with van der Waals surface area (Å²) in [7, 11) is 0. The Morgan fingerprint density at radius 1 is 0.291 bits per heavy atom. The molecule has 0 saturated heterocycles. The molecule has 0 unspecified atom stereocenters. The Bertz CT molecular complexity index is 2880. The van der Waals surface area contributed by atoms with Crippen LogP contribution in [0.5, 0.6) is 0 Å². The van der Waals surface area contributed by atoms with Gasteiger partial charge in [-0.3, -0.25) is 0 Å².